The van der Waals surface area contributed by atoms with E-state index >= 15 is 0 Å². The third-order valence-corrected chi connectivity index (χ3v) is 10.8. The average molecular weight is 546 g/mol. The molecule has 0 atom stereocenters. The molecule has 0 fully saturated rings. The smallest absolute Gasteiger partial charge is 0.135 e. The van der Waals surface area contributed by atoms with Gasteiger partial charge in [0, 0.05) is 67.6 Å². The Hall–Kier alpha value is -4.64. The minimum absolute atomic E-state index is 0.921. The molecule has 0 saturated heterocycles. The van der Waals surface area contributed by atoms with Crippen LogP contribution in [0.25, 0.3) is 89.8 Å². The summed E-state index contributed by atoms with van der Waals surface area (Å²) in [6, 6.07) is 41.8. The van der Waals surface area contributed by atoms with Crippen molar-refractivity contribution in [3.05, 3.63) is 115 Å². The third kappa shape index (κ3) is 2.63. The molecule has 186 valence electrons. The molecule has 0 amide bonds. The van der Waals surface area contributed by atoms with E-state index in [0.717, 1.165) is 27.6 Å². The van der Waals surface area contributed by atoms with Crippen LogP contribution < -0.4 is 0 Å². The van der Waals surface area contributed by atoms with Gasteiger partial charge in [-0.2, -0.15) is 0 Å². The molecule has 0 aliphatic heterocycles. The molecular weight excluding hydrogens is 527 g/mol. The number of thiophene rings is 2. The van der Waals surface area contributed by atoms with Crippen molar-refractivity contribution in [1.29, 1.82) is 0 Å². The zero-order valence-electron chi connectivity index (χ0n) is 21.1. The summed E-state index contributed by atoms with van der Waals surface area (Å²) in [4.78, 5) is 0. The van der Waals surface area contributed by atoms with Gasteiger partial charge in [-0.25, -0.2) is 0 Å². The van der Waals surface area contributed by atoms with Gasteiger partial charge in [-0.15, -0.1) is 22.7 Å². The highest BCUT2D eigenvalue weighted by Crippen LogP contribution is 2.48. The molecule has 0 aliphatic carbocycles. The van der Waals surface area contributed by atoms with Crippen molar-refractivity contribution in [3.8, 4) is 5.69 Å². The fourth-order valence-electron chi connectivity index (χ4n) is 6.68. The number of nitrogens with zero attached hydrogens (tertiary/aromatic N) is 1. The first-order chi connectivity index (χ1) is 19.8. The van der Waals surface area contributed by atoms with Gasteiger partial charge in [0.25, 0.3) is 0 Å². The van der Waals surface area contributed by atoms with Crippen LogP contribution in [-0.4, -0.2) is 4.57 Å². The van der Waals surface area contributed by atoms with Crippen molar-refractivity contribution in [3.63, 3.8) is 0 Å². The van der Waals surface area contributed by atoms with Crippen LogP contribution in [-0.2, 0) is 0 Å². The van der Waals surface area contributed by atoms with Gasteiger partial charge in [0.05, 0.1) is 11.0 Å². The lowest BCUT2D eigenvalue weighted by molar-refractivity contribution is 0.669. The number of benzene rings is 6. The van der Waals surface area contributed by atoms with Crippen molar-refractivity contribution in [2.24, 2.45) is 0 Å². The zero-order chi connectivity index (χ0) is 25.9. The summed E-state index contributed by atoms with van der Waals surface area (Å²) in [5, 5.41) is 10.4. The Bertz CT molecular complexity index is 2660. The molecule has 0 unspecified atom stereocenters. The van der Waals surface area contributed by atoms with E-state index in [0.29, 0.717) is 0 Å². The molecule has 10 rings (SSSR count). The van der Waals surface area contributed by atoms with Gasteiger partial charge in [0.2, 0.25) is 0 Å². The molecule has 0 spiro atoms. The summed E-state index contributed by atoms with van der Waals surface area (Å²) < 4.78 is 14.0. The van der Waals surface area contributed by atoms with Crippen molar-refractivity contribution >= 4 is 107 Å². The lowest BCUT2D eigenvalue weighted by Gasteiger charge is -2.08. The average Bonchev–Trinajstić information content (AvgIpc) is 3.74. The van der Waals surface area contributed by atoms with E-state index in [2.05, 4.69) is 108 Å². The molecule has 4 aromatic heterocycles. The minimum atomic E-state index is 0.921. The molecule has 0 saturated carbocycles. The van der Waals surface area contributed by atoms with Crippen LogP contribution in [0.15, 0.2) is 120 Å². The molecule has 2 nitrogen and oxygen atoms in total. The van der Waals surface area contributed by atoms with E-state index in [1.165, 1.54) is 62.2 Å². The van der Waals surface area contributed by atoms with Crippen LogP contribution in [0.5, 0.6) is 0 Å². The highest BCUT2D eigenvalue weighted by atomic mass is 32.1. The van der Waals surface area contributed by atoms with Crippen molar-refractivity contribution < 1.29 is 4.42 Å². The van der Waals surface area contributed by atoms with Gasteiger partial charge in [0.15, 0.2) is 0 Å². The number of rotatable bonds is 1. The number of fused-ring (bicyclic) bond motifs is 14. The molecule has 0 aliphatic rings. The monoisotopic (exact) mass is 545 g/mol. The summed E-state index contributed by atoms with van der Waals surface area (Å²) >= 11 is 3.84. The Balaban J connectivity index is 1.35. The molecule has 10 aromatic rings. The van der Waals surface area contributed by atoms with E-state index in [1.807, 2.05) is 34.8 Å². The van der Waals surface area contributed by atoms with E-state index in [9.17, 15) is 0 Å². The van der Waals surface area contributed by atoms with E-state index in [-0.39, 0.29) is 0 Å². The molecule has 40 heavy (non-hydrogen) atoms. The Kier molecular flexibility index (Phi) is 3.98. The van der Waals surface area contributed by atoms with Crippen LogP contribution >= 0.6 is 22.7 Å². The van der Waals surface area contributed by atoms with Crippen LogP contribution in [0.1, 0.15) is 0 Å². The summed E-state index contributed by atoms with van der Waals surface area (Å²) in [5.74, 6) is 0. The summed E-state index contributed by atoms with van der Waals surface area (Å²) in [6.45, 7) is 0. The third-order valence-electron chi connectivity index (χ3n) is 8.40. The fourth-order valence-corrected chi connectivity index (χ4v) is 9.28. The van der Waals surface area contributed by atoms with Gasteiger partial charge in [-0.1, -0.05) is 66.7 Å². The maximum absolute atomic E-state index is 6.14. The zero-order valence-corrected chi connectivity index (χ0v) is 22.8. The molecule has 4 heteroatoms. The molecule has 0 radical (unpaired) electrons. The Morgan fingerprint density at radius 1 is 0.450 bits per heavy atom. The van der Waals surface area contributed by atoms with E-state index < -0.39 is 0 Å². The predicted octanol–water partition coefficient (Wildman–Crippen LogP) is 11.4. The first-order valence-corrected chi connectivity index (χ1v) is 15.1. The van der Waals surface area contributed by atoms with Crippen LogP contribution in [0.2, 0.25) is 0 Å². The number of aromatic nitrogens is 1. The summed E-state index contributed by atoms with van der Waals surface area (Å²) in [5.41, 5.74) is 5.46. The lowest BCUT2D eigenvalue weighted by atomic mass is 10.1. The largest absolute Gasteiger partial charge is 0.456 e. The quantitative estimate of drug-likeness (QED) is 0.201. The topological polar surface area (TPSA) is 18.1 Å². The first-order valence-electron chi connectivity index (χ1n) is 13.4. The molecule has 4 heterocycles. The molecule has 0 N–H and O–H groups in total. The van der Waals surface area contributed by atoms with E-state index in [1.54, 1.807) is 0 Å². The maximum atomic E-state index is 6.14. The molecule has 0 bridgehead atoms. The Labute approximate surface area is 235 Å². The maximum Gasteiger partial charge on any atom is 0.135 e. The second-order valence-electron chi connectivity index (χ2n) is 10.5. The van der Waals surface area contributed by atoms with E-state index in [4.69, 9.17) is 4.42 Å². The van der Waals surface area contributed by atoms with Gasteiger partial charge in [-0.05, 0) is 48.5 Å². The summed E-state index contributed by atoms with van der Waals surface area (Å²) in [6.07, 6.45) is 0. The van der Waals surface area contributed by atoms with Crippen molar-refractivity contribution in [2.45, 2.75) is 0 Å². The predicted molar refractivity (Wildman–Crippen MR) is 174 cm³/mol. The molecule has 6 aromatic carbocycles. The van der Waals surface area contributed by atoms with Gasteiger partial charge in [-0.3, -0.25) is 0 Å². The van der Waals surface area contributed by atoms with Gasteiger partial charge >= 0.3 is 0 Å². The number of hydrogen-bond acceptors (Lipinski definition) is 3. The normalized spacial score (nSPS) is 12.5. The standard InChI is InChI=1S/C36H19NOS2/c1-4-10-27-24(8-1)33-28(37(27)20-13-17-30-26(19-20)21-7-2-5-11-29(21)38-30)16-14-22-23-15-18-32-34(36(23)40-35(22)33)25-9-3-6-12-31(25)39-32/h1-19H. The Morgan fingerprint density at radius 2 is 1.18 bits per heavy atom. The molecular formula is C36H19NOS2. The number of furan rings is 1. The summed E-state index contributed by atoms with van der Waals surface area (Å²) in [7, 11) is 0. The van der Waals surface area contributed by atoms with Crippen LogP contribution in [0.3, 0.4) is 0 Å². The second-order valence-corrected chi connectivity index (χ2v) is 12.6. The number of para-hydroxylation sites is 2. The minimum Gasteiger partial charge on any atom is -0.456 e. The lowest BCUT2D eigenvalue weighted by Crippen LogP contribution is -1.93. The fraction of sp³-hybridized carbons (Fsp3) is 0. The van der Waals surface area contributed by atoms with Crippen molar-refractivity contribution in [1.82, 2.24) is 4.57 Å². The number of hydrogen-bond donors (Lipinski definition) is 0. The van der Waals surface area contributed by atoms with Crippen LogP contribution in [0.4, 0.5) is 0 Å². The van der Waals surface area contributed by atoms with Crippen LogP contribution in [0, 0.1) is 0 Å². The van der Waals surface area contributed by atoms with Gasteiger partial charge < -0.3 is 8.98 Å². The SMILES string of the molecule is c1ccc2c(c1)oc1ccc(-n3c4ccccc4c4c5sc6c(ccc7sc8ccccc8c76)c5ccc43)cc12. The Morgan fingerprint density at radius 3 is 2.10 bits per heavy atom. The van der Waals surface area contributed by atoms with Gasteiger partial charge in [0.1, 0.15) is 11.2 Å². The highest BCUT2D eigenvalue weighted by molar-refractivity contribution is 7.30. The first kappa shape index (κ1) is 21.2. The van der Waals surface area contributed by atoms with Crippen molar-refractivity contribution in [2.75, 3.05) is 0 Å². The highest BCUT2D eigenvalue weighted by Gasteiger charge is 2.20. The second kappa shape index (κ2) is 7.51.